The van der Waals surface area contributed by atoms with Crippen LogP contribution in [0.2, 0.25) is 5.02 Å². The lowest BCUT2D eigenvalue weighted by atomic mass is 10.1. The second-order valence-electron chi connectivity index (χ2n) is 3.14. The lowest BCUT2D eigenvalue weighted by Crippen LogP contribution is -1.80. The van der Waals surface area contributed by atoms with Gasteiger partial charge in [-0.3, -0.25) is 0 Å². The van der Waals surface area contributed by atoms with E-state index in [4.69, 9.17) is 11.6 Å². The van der Waals surface area contributed by atoms with E-state index in [1.54, 1.807) is 12.1 Å². The van der Waals surface area contributed by atoms with E-state index in [0.717, 1.165) is 15.6 Å². The number of hydrogen-bond acceptors (Lipinski definition) is 1. The lowest BCUT2D eigenvalue weighted by molar-refractivity contribution is 0.477. The molecule has 0 radical (unpaired) electrons. The van der Waals surface area contributed by atoms with Crippen molar-refractivity contribution in [3.05, 3.63) is 52.0 Å². The minimum absolute atomic E-state index is 0.238. The van der Waals surface area contributed by atoms with Gasteiger partial charge in [-0.05, 0) is 18.2 Å². The molecule has 0 aliphatic rings. The van der Waals surface area contributed by atoms with Gasteiger partial charge in [0.2, 0.25) is 0 Å². The molecule has 0 atom stereocenters. The Morgan fingerprint density at radius 2 is 1.73 bits per heavy atom. The predicted molar refractivity (Wildman–Crippen MR) is 66.3 cm³/mol. The summed E-state index contributed by atoms with van der Waals surface area (Å²) in [5.41, 5.74) is 1.58. The van der Waals surface area contributed by atoms with Crippen molar-refractivity contribution in [2.45, 2.75) is 0 Å². The van der Waals surface area contributed by atoms with Gasteiger partial charge < -0.3 is 5.11 Å². The second kappa shape index (κ2) is 4.25. The molecule has 0 bridgehead atoms. The van der Waals surface area contributed by atoms with Crippen molar-refractivity contribution in [3.63, 3.8) is 0 Å². The summed E-state index contributed by atoms with van der Waals surface area (Å²) >= 11 is 9.44. The zero-order chi connectivity index (χ0) is 10.8. The van der Waals surface area contributed by atoms with Crippen LogP contribution in [0.25, 0.3) is 11.1 Å². The fourth-order valence-corrected chi connectivity index (χ4v) is 2.18. The quantitative estimate of drug-likeness (QED) is 0.818. The minimum atomic E-state index is 0.238. The van der Waals surface area contributed by atoms with Gasteiger partial charge in [0, 0.05) is 20.6 Å². The molecule has 0 heterocycles. The number of aromatic hydroxyl groups is 1. The van der Waals surface area contributed by atoms with Crippen molar-refractivity contribution >= 4 is 27.5 Å². The second-order valence-corrected chi connectivity index (χ2v) is 4.46. The molecule has 0 fully saturated rings. The van der Waals surface area contributed by atoms with Crippen LogP contribution in [0, 0.1) is 0 Å². The van der Waals surface area contributed by atoms with Crippen LogP contribution < -0.4 is 0 Å². The lowest BCUT2D eigenvalue weighted by Gasteiger charge is -2.06. The fraction of sp³-hybridized carbons (Fsp3) is 0. The Labute approximate surface area is 101 Å². The van der Waals surface area contributed by atoms with E-state index in [1.807, 2.05) is 30.3 Å². The Kier molecular flexibility index (Phi) is 2.98. The van der Waals surface area contributed by atoms with Crippen molar-refractivity contribution in [1.29, 1.82) is 0 Å². The van der Waals surface area contributed by atoms with Crippen molar-refractivity contribution < 1.29 is 5.11 Å². The maximum absolute atomic E-state index is 9.69. The van der Waals surface area contributed by atoms with E-state index in [2.05, 4.69) is 15.9 Å². The molecule has 0 aromatic heterocycles. The van der Waals surface area contributed by atoms with Crippen LogP contribution in [-0.2, 0) is 0 Å². The molecule has 0 aliphatic carbocycles. The number of rotatable bonds is 1. The minimum Gasteiger partial charge on any atom is -0.507 e. The molecule has 0 saturated carbocycles. The fourth-order valence-electron chi connectivity index (χ4n) is 1.41. The average Bonchev–Trinajstić information content (AvgIpc) is 2.20. The summed E-state index contributed by atoms with van der Waals surface area (Å²) < 4.78 is 0.923. The number of phenolic OH excluding ortho intramolecular Hbond substituents is 1. The summed E-state index contributed by atoms with van der Waals surface area (Å²) in [5, 5.41) is 10.3. The van der Waals surface area contributed by atoms with Gasteiger partial charge >= 0.3 is 0 Å². The van der Waals surface area contributed by atoms with Crippen LogP contribution in [0.1, 0.15) is 0 Å². The first-order valence-electron chi connectivity index (χ1n) is 4.42. The van der Waals surface area contributed by atoms with E-state index >= 15 is 0 Å². The molecule has 1 nitrogen and oxygen atoms in total. The number of phenols is 1. The highest BCUT2D eigenvalue weighted by Gasteiger charge is 2.07. The highest BCUT2D eigenvalue weighted by Crippen LogP contribution is 2.35. The van der Waals surface area contributed by atoms with Crippen molar-refractivity contribution in [1.82, 2.24) is 0 Å². The van der Waals surface area contributed by atoms with E-state index in [0.29, 0.717) is 5.02 Å². The standard InChI is InChI=1S/C12H8BrClO/c13-8-5-6-9(11(14)7-8)10-3-1-2-4-12(10)15/h1-7,15H. The first-order valence-corrected chi connectivity index (χ1v) is 5.59. The summed E-state index contributed by atoms with van der Waals surface area (Å²) in [7, 11) is 0. The molecule has 2 aromatic rings. The third-order valence-corrected chi connectivity index (χ3v) is 2.93. The van der Waals surface area contributed by atoms with Gasteiger partial charge in [0.15, 0.2) is 0 Å². The predicted octanol–water partition coefficient (Wildman–Crippen LogP) is 4.48. The average molecular weight is 284 g/mol. The highest BCUT2D eigenvalue weighted by molar-refractivity contribution is 9.10. The molecule has 0 saturated heterocycles. The van der Waals surface area contributed by atoms with Crippen molar-refractivity contribution in [3.8, 4) is 16.9 Å². The molecule has 3 heteroatoms. The molecule has 76 valence electrons. The van der Waals surface area contributed by atoms with Crippen molar-refractivity contribution in [2.75, 3.05) is 0 Å². The van der Waals surface area contributed by atoms with E-state index < -0.39 is 0 Å². The zero-order valence-electron chi connectivity index (χ0n) is 7.74. The number of hydrogen-bond donors (Lipinski definition) is 1. The van der Waals surface area contributed by atoms with Gasteiger partial charge in [-0.25, -0.2) is 0 Å². The van der Waals surface area contributed by atoms with E-state index in [-0.39, 0.29) is 5.75 Å². The Balaban J connectivity index is 2.60. The van der Waals surface area contributed by atoms with E-state index in [1.165, 1.54) is 0 Å². The number of para-hydroxylation sites is 1. The van der Waals surface area contributed by atoms with Crippen LogP contribution in [0.15, 0.2) is 46.9 Å². The maximum atomic E-state index is 9.69. The van der Waals surface area contributed by atoms with Crippen LogP contribution in [-0.4, -0.2) is 5.11 Å². The SMILES string of the molecule is Oc1ccccc1-c1ccc(Br)cc1Cl. The summed E-state index contributed by atoms with van der Waals surface area (Å²) in [4.78, 5) is 0. The molecule has 1 N–H and O–H groups in total. The Bertz CT molecular complexity index is 497. The first kappa shape index (κ1) is 10.5. The Morgan fingerprint density at radius 3 is 2.40 bits per heavy atom. The number of halogens is 2. The summed E-state index contributed by atoms with van der Waals surface area (Å²) in [6.07, 6.45) is 0. The molecular formula is C12H8BrClO. The van der Waals surface area contributed by atoms with Gasteiger partial charge in [-0.15, -0.1) is 0 Å². The van der Waals surface area contributed by atoms with Gasteiger partial charge in [-0.2, -0.15) is 0 Å². The van der Waals surface area contributed by atoms with Crippen LogP contribution in [0.5, 0.6) is 5.75 Å². The van der Waals surface area contributed by atoms with Gasteiger partial charge in [0.1, 0.15) is 5.75 Å². The van der Waals surface area contributed by atoms with Crippen LogP contribution >= 0.6 is 27.5 Å². The summed E-state index contributed by atoms with van der Waals surface area (Å²) in [6.45, 7) is 0. The van der Waals surface area contributed by atoms with Gasteiger partial charge in [0.25, 0.3) is 0 Å². The van der Waals surface area contributed by atoms with Crippen LogP contribution in [0.3, 0.4) is 0 Å². The van der Waals surface area contributed by atoms with Crippen molar-refractivity contribution in [2.24, 2.45) is 0 Å². The molecule has 0 amide bonds. The third-order valence-electron chi connectivity index (χ3n) is 2.13. The molecule has 2 aromatic carbocycles. The number of benzene rings is 2. The largest absolute Gasteiger partial charge is 0.507 e. The molecule has 0 spiro atoms. The normalized spacial score (nSPS) is 10.3. The third kappa shape index (κ3) is 2.16. The zero-order valence-corrected chi connectivity index (χ0v) is 10.1. The monoisotopic (exact) mass is 282 g/mol. The first-order chi connectivity index (χ1) is 7.18. The summed E-state index contributed by atoms with van der Waals surface area (Å²) in [6, 6.07) is 12.7. The molecule has 0 aliphatic heterocycles. The summed E-state index contributed by atoms with van der Waals surface area (Å²) in [5.74, 6) is 0.238. The smallest absolute Gasteiger partial charge is 0.123 e. The van der Waals surface area contributed by atoms with Gasteiger partial charge in [0.05, 0.1) is 0 Å². The molecular weight excluding hydrogens is 275 g/mol. The molecule has 15 heavy (non-hydrogen) atoms. The van der Waals surface area contributed by atoms with Crippen LogP contribution in [0.4, 0.5) is 0 Å². The Morgan fingerprint density at radius 1 is 1.00 bits per heavy atom. The highest BCUT2D eigenvalue weighted by atomic mass is 79.9. The maximum Gasteiger partial charge on any atom is 0.123 e. The molecule has 0 unspecified atom stereocenters. The van der Waals surface area contributed by atoms with Gasteiger partial charge in [-0.1, -0.05) is 51.8 Å². The Hall–Kier alpha value is -0.990. The molecule has 2 rings (SSSR count). The topological polar surface area (TPSA) is 20.2 Å². The van der Waals surface area contributed by atoms with E-state index in [9.17, 15) is 5.11 Å².